The molecule has 0 aliphatic heterocycles. The number of fused-ring (bicyclic) bond motifs is 1. The summed E-state index contributed by atoms with van der Waals surface area (Å²) in [5.74, 6) is 0.799. The number of nitrogens with zero attached hydrogens (tertiary/aromatic N) is 2. The van der Waals surface area contributed by atoms with Gasteiger partial charge in [-0.1, -0.05) is 18.2 Å². The summed E-state index contributed by atoms with van der Waals surface area (Å²) in [6.45, 7) is 8.87. The molecule has 3 aromatic rings. The number of hydrogen-bond acceptors (Lipinski definition) is 2. The van der Waals surface area contributed by atoms with E-state index in [-0.39, 0.29) is 0 Å². The van der Waals surface area contributed by atoms with Crippen LogP contribution in [0.25, 0.3) is 5.65 Å². The number of pyridine rings is 1. The number of benzene rings is 1. The van der Waals surface area contributed by atoms with Crippen molar-refractivity contribution in [2.75, 3.05) is 0 Å². The Morgan fingerprint density at radius 2 is 1.82 bits per heavy atom. The summed E-state index contributed by atoms with van der Waals surface area (Å²) < 4.78 is 9.16. The zero-order valence-electron chi connectivity index (χ0n) is 13.3. The highest BCUT2D eigenvalue weighted by Gasteiger charge is 2.12. The molecular formula is C18H19BrN2O. The number of ether oxygens (including phenoxy) is 1. The van der Waals surface area contributed by atoms with Crippen molar-refractivity contribution in [2.45, 2.75) is 34.3 Å². The smallest absolute Gasteiger partial charge is 0.180 e. The Hall–Kier alpha value is -1.81. The van der Waals surface area contributed by atoms with E-state index in [0.29, 0.717) is 6.61 Å². The minimum absolute atomic E-state index is 0.551. The van der Waals surface area contributed by atoms with Crippen LogP contribution in [0.4, 0.5) is 0 Å². The molecule has 0 spiro atoms. The summed E-state index contributed by atoms with van der Waals surface area (Å²) in [6, 6.07) is 8.29. The zero-order valence-corrected chi connectivity index (χ0v) is 14.9. The maximum atomic E-state index is 6.10. The van der Waals surface area contributed by atoms with Gasteiger partial charge in [-0.25, -0.2) is 4.98 Å². The van der Waals surface area contributed by atoms with Gasteiger partial charge in [0.05, 0.1) is 5.69 Å². The molecule has 0 saturated heterocycles. The number of halogens is 1. The van der Waals surface area contributed by atoms with Gasteiger partial charge in [-0.2, -0.15) is 0 Å². The van der Waals surface area contributed by atoms with Crippen LogP contribution >= 0.6 is 15.9 Å². The lowest BCUT2D eigenvalue weighted by atomic mass is 10.0. The predicted molar refractivity (Wildman–Crippen MR) is 92.6 cm³/mol. The Balaban J connectivity index is 1.99. The molecule has 0 unspecified atom stereocenters. The number of aryl methyl sites for hydroxylation is 4. The number of rotatable bonds is 3. The summed E-state index contributed by atoms with van der Waals surface area (Å²) in [6.07, 6.45) is 2.02. The third-order valence-electron chi connectivity index (χ3n) is 4.15. The SMILES string of the molecule is Cc1cccc(C)c1COc1cc(Br)cn2c(C)c(C)nc12. The van der Waals surface area contributed by atoms with Gasteiger partial charge in [0.15, 0.2) is 11.4 Å². The third kappa shape index (κ3) is 2.63. The zero-order chi connectivity index (χ0) is 15.9. The fourth-order valence-corrected chi connectivity index (χ4v) is 3.05. The Labute approximate surface area is 139 Å². The predicted octanol–water partition coefficient (Wildman–Crippen LogP) is 4.91. The number of hydrogen-bond donors (Lipinski definition) is 0. The maximum absolute atomic E-state index is 6.10. The molecule has 114 valence electrons. The van der Waals surface area contributed by atoms with Crippen molar-refractivity contribution in [3.63, 3.8) is 0 Å². The molecule has 22 heavy (non-hydrogen) atoms. The molecule has 0 bridgehead atoms. The van der Waals surface area contributed by atoms with Crippen molar-refractivity contribution >= 4 is 21.6 Å². The third-order valence-corrected chi connectivity index (χ3v) is 4.58. The maximum Gasteiger partial charge on any atom is 0.180 e. The van der Waals surface area contributed by atoms with Gasteiger partial charge in [-0.05, 0) is 66.4 Å². The first kappa shape index (κ1) is 15.1. The summed E-state index contributed by atoms with van der Waals surface area (Å²) >= 11 is 3.55. The quantitative estimate of drug-likeness (QED) is 0.664. The van der Waals surface area contributed by atoms with Crippen LogP contribution < -0.4 is 4.74 Å². The van der Waals surface area contributed by atoms with Gasteiger partial charge < -0.3 is 4.74 Å². The molecule has 0 aliphatic carbocycles. The van der Waals surface area contributed by atoms with Crippen molar-refractivity contribution in [1.29, 1.82) is 0 Å². The van der Waals surface area contributed by atoms with Gasteiger partial charge in [-0.15, -0.1) is 0 Å². The first-order valence-corrected chi connectivity index (χ1v) is 8.09. The average molecular weight is 359 g/mol. The molecule has 2 aromatic heterocycles. The topological polar surface area (TPSA) is 26.5 Å². The van der Waals surface area contributed by atoms with E-state index in [2.05, 4.69) is 64.3 Å². The molecule has 3 rings (SSSR count). The van der Waals surface area contributed by atoms with Crippen LogP contribution in [0.1, 0.15) is 28.1 Å². The van der Waals surface area contributed by atoms with Crippen LogP contribution in [0.15, 0.2) is 34.9 Å². The summed E-state index contributed by atoms with van der Waals surface area (Å²) in [4.78, 5) is 4.63. The van der Waals surface area contributed by atoms with Gasteiger partial charge in [0.1, 0.15) is 6.61 Å². The molecular weight excluding hydrogens is 340 g/mol. The first-order chi connectivity index (χ1) is 10.5. The molecule has 0 aliphatic rings. The number of aromatic nitrogens is 2. The molecule has 1 aromatic carbocycles. The second-order valence-electron chi connectivity index (χ2n) is 5.66. The Kier molecular flexibility index (Phi) is 3.96. The minimum Gasteiger partial charge on any atom is -0.485 e. The molecule has 2 heterocycles. The van der Waals surface area contributed by atoms with Crippen LogP contribution in [-0.2, 0) is 6.61 Å². The van der Waals surface area contributed by atoms with Gasteiger partial charge in [0.2, 0.25) is 0 Å². The van der Waals surface area contributed by atoms with E-state index in [1.54, 1.807) is 0 Å². The van der Waals surface area contributed by atoms with Crippen molar-refractivity contribution in [1.82, 2.24) is 9.38 Å². The highest BCUT2D eigenvalue weighted by molar-refractivity contribution is 9.10. The standard InChI is InChI=1S/C18H19BrN2O/c1-11-6-5-7-12(2)16(11)10-22-17-8-15(19)9-21-14(4)13(3)20-18(17)21/h5-9H,10H2,1-4H3. The molecule has 3 nitrogen and oxygen atoms in total. The Morgan fingerprint density at radius 1 is 1.14 bits per heavy atom. The van der Waals surface area contributed by atoms with Crippen molar-refractivity contribution in [3.05, 3.63) is 63.0 Å². The summed E-state index contributed by atoms with van der Waals surface area (Å²) in [5, 5.41) is 0. The van der Waals surface area contributed by atoms with Crippen molar-refractivity contribution in [3.8, 4) is 5.75 Å². The average Bonchev–Trinajstić information content (AvgIpc) is 2.74. The lowest BCUT2D eigenvalue weighted by Crippen LogP contribution is -2.02. The molecule has 0 N–H and O–H groups in total. The summed E-state index contributed by atoms with van der Waals surface area (Å²) in [5.41, 5.74) is 6.76. The normalized spacial score (nSPS) is 11.1. The second kappa shape index (κ2) is 5.76. The second-order valence-corrected chi connectivity index (χ2v) is 6.57. The van der Waals surface area contributed by atoms with Gasteiger partial charge in [0.25, 0.3) is 0 Å². The Bertz CT molecular complexity index is 832. The molecule has 0 atom stereocenters. The minimum atomic E-state index is 0.551. The first-order valence-electron chi connectivity index (χ1n) is 7.30. The van der Waals surface area contributed by atoms with E-state index < -0.39 is 0 Å². The van der Waals surface area contributed by atoms with Gasteiger partial charge in [0, 0.05) is 16.4 Å². The monoisotopic (exact) mass is 358 g/mol. The van der Waals surface area contributed by atoms with Crippen LogP contribution in [-0.4, -0.2) is 9.38 Å². The van der Waals surface area contributed by atoms with Crippen LogP contribution in [0.2, 0.25) is 0 Å². The van der Waals surface area contributed by atoms with Crippen molar-refractivity contribution < 1.29 is 4.74 Å². The van der Waals surface area contributed by atoms with E-state index in [4.69, 9.17) is 4.74 Å². The fourth-order valence-electron chi connectivity index (χ4n) is 2.64. The van der Waals surface area contributed by atoms with E-state index >= 15 is 0 Å². The highest BCUT2D eigenvalue weighted by atomic mass is 79.9. The summed E-state index contributed by atoms with van der Waals surface area (Å²) in [7, 11) is 0. The van der Waals surface area contributed by atoms with E-state index in [0.717, 1.165) is 27.3 Å². The van der Waals surface area contributed by atoms with Gasteiger partial charge in [-0.3, -0.25) is 4.40 Å². The molecule has 0 radical (unpaired) electrons. The van der Waals surface area contributed by atoms with E-state index in [1.807, 2.05) is 19.2 Å². The largest absolute Gasteiger partial charge is 0.485 e. The molecule has 0 amide bonds. The highest BCUT2D eigenvalue weighted by Crippen LogP contribution is 2.27. The van der Waals surface area contributed by atoms with Crippen molar-refractivity contribution in [2.24, 2.45) is 0 Å². The fraction of sp³-hybridized carbons (Fsp3) is 0.278. The molecule has 0 fully saturated rings. The molecule has 0 saturated carbocycles. The van der Waals surface area contributed by atoms with E-state index in [1.165, 1.54) is 16.7 Å². The van der Waals surface area contributed by atoms with Crippen LogP contribution in [0, 0.1) is 27.7 Å². The molecule has 4 heteroatoms. The number of imidazole rings is 1. The van der Waals surface area contributed by atoms with E-state index in [9.17, 15) is 0 Å². The van der Waals surface area contributed by atoms with Gasteiger partial charge >= 0.3 is 0 Å². The Morgan fingerprint density at radius 3 is 2.50 bits per heavy atom. The van der Waals surface area contributed by atoms with Crippen LogP contribution in [0.3, 0.4) is 0 Å². The lowest BCUT2D eigenvalue weighted by Gasteiger charge is -2.12. The lowest BCUT2D eigenvalue weighted by molar-refractivity contribution is 0.306. The van der Waals surface area contributed by atoms with Crippen LogP contribution in [0.5, 0.6) is 5.75 Å².